The fraction of sp³-hybridized carbons (Fsp3) is 0.550. The van der Waals surface area contributed by atoms with Crippen LogP contribution in [-0.2, 0) is 25.5 Å². The summed E-state index contributed by atoms with van der Waals surface area (Å²) >= 11 is 0. The van der Waals surface area contributed by atoms with Crippen molar-refractivity contribution in [3.8, 4) is 0 Å². The third kappa shape index (κ3) is 7.96. The molecule has 1 aromatic rings. The number of hydrogen-bond donors (Lipinski definition) is 2. The van der Waals surface area contributed by atoms with Gasteiger partial charge < -0.3 is 20.3 Å². The van der Waals surface area contributed by atoms with Crippen molar-refractivity contribution >= 4 is 18.0 Å². The van der Waals surface area contributed by atoms with Crippen LogP contribution in [-0.4, -0.2) is 59.4 Å². The van der Waals surface area contributed by atoms with E-state index in [1.54, 1.807) is 20.8 Å². The average Bonchev–Trinajstić information content (AvgIpc) is 3.11. The topological polar surface area (TPSA) is 119 Å². The number of benzene rings is 1. The standard InChI is InChI=1S/C10H17NO4.C10H13NO2/c1-10(2,3)15-9(14)11-6-4-5-7(11)8(12)13;1-13-10(12)9(11)7-8-5-3-2-4-6-8/h7H,4-6H2,1-3H3,(H,12,13);2-6,9H,7,11H2,1H3/t7-;/m1./s1. The first kappa shape index (κ1) is 23.4. The minimum atomic E-state index is -0.960. The van der Waals surface area contributed by atoms with Gasteiger partial charge in [-0.25, -0.2) is 9.59 Å². The Bertz CT molecular complexity index is 656. The van der Waals surface area contributed by atoms with Crippen LogP contribution in [0.5, 0.6) is 0 Å². The molecule has 8 heteroatoms. The minimum absolute atomic E-state index is 0.371. The number of aliphatic carboxylic acids is 1. The molecule has 0 aromatic heterocycles. The van der Waals surface area contributed by atoms with E-state index in [-0.39, 0.29) is 5.97 Å². The lowest BCUT2D eigenvalue weighted by atomic mass is 10.1. The molecule has 0 spiro atoms. The second-order valence-electron chi connectivity index (χ2n) is 7.49. The van der Waals surface area contributed by atoms with Crippen molar-refractivity contribution in [1.82, 2.24) is 4.90 Å². The van der Waals surface area contributed by atoms with E-state index in [0.29, 0.717) is 19.4 Å². The minimum Gasteiger partial charge on any atom is -0.480 e. The summed E-state index contributed by atoms with van der Waals surface area (Å²) in [7, 11) is 1.34. The van der Waals surface area contributed by atoms with Gasteiger partial charge in [0.15, 0.2) is 0 Å². The van der Waals surface area contributed by atoms with E-state index in [1.807, 2.05) is 30.3 Å². The van der Waals surface area contributed by atoms with Gasteiger partial charge in [0.1, 0.15) is 17.7 Å². The van der Waals surface area contributed by atoms with Gasteiger partial charge in [0, 0.05) is 6.54 Å². The smallest absolute Gasteiger partial charge is 0.411 e. The maximum absolute atomic E-state index is 11.6. The molecule has 1 aliphatic heterocycles. The van der Waals surface area contributed by atoms with E-state index in [0.717, 1.165) is 12.0 Å². The van der Waals surface area contributed by atoms with Gasteiger partial charge in [-0.3, -0.25) is 9.69 Å². The number of nitrogens with zero attached hydrogens (tertiary/aromatic N) is 1. The molecule has 1 heterocycles. The number of hydrogen-bond acceptors (Lipinski definition) is 6. The predicted molar refractivity (Wildman–Crippen MR) is 104 cm³/mol. The van der Waals surface area contributed by atoms with Crippen molar-refractivity contribution in [3.63, 3.8) is 0 Å². The zero-order valence-electron chi connectivity index (χ0n) is 16.9. The molecule has 3 N–H and O–H groups in total. The highest BCUT2D eigenvalue weighted by Gasteiger charge is 2.36. The molecule has 0 saturated carbocycles. The Hall–Kier alpha value is -2.61. The zero-order valence-corrected chi connectivity index (χ0v) is 16.9. The highest BCUT2D eigenvalue weighted by molar-refractivity contribution is 5.80. The lowest BCUT2D eigenvalue weighted by Gasteiger charge is -2.26. The van der Waals surface area contributed by atoms with Crippen molar-refractivity contribution in [3.05, 3.63) is 35.9 Å². The van der Waals surface area contributed by atoms with Crippen LogP contribution in [0.15, 0.2) is 30.3 Å². The summed E-state index contributed by atoms with van der Waals surface area (Å²) in [6, 6.07) is 8.34. The molecule has 1 fully saturated rings. The van der Waals surface area contributed by atoms with E-state index >= 15 is 0 Å². The van der Waals surface area contributed by atoms with Crippen LogP contribution < -0.4 is 5.73 Å². The van der Waals surface area contributed by atoms with Gasteiger partial charge in [-0.2, -0.15) is 0 Å². The van der Waals surface area contributed by atoms with Gasteiger partial charge in [0.2, 0.25) is 0 Å². The van der Waals surface area contributed by atoms with Crippen LogP contribution in [0, 0.1) is 0 Å². The molecule has 1 amide bonds. The molecular weight excluding hydrogens is 364 g/mol. The lowest BCUT2D eigenvalue weighted by molar-refractivity contribution is -0.142. The number of carboxylic acid groups (broad SMARTS) is 1. The third-order valence-corrected chi connectivity index (χ3v) is 3.97. The van der Waals surface area contributed by atoms with Crippen molar-refractivity contribution in [2.45, 2.75) is 57.7 Å². The van der Waals surface area contributed by atoms with Gasteiger partial charge in [0.05, 0.1) is 7.11 Å². The number of carbonyl (C=O) groups is 3. The number of amides is 1. The maximum atomic E-state index is 11.6. The number of nitrogens with two attached hydrogens (primary N) is 1. The number of rotatable bonds is 4. The second-order valence-corrected chi connectivity index (χ2v) is 7.49. The van der Waals surface area contributed by atoms with E-state index in [2.05, 4.69) is 4.74 Å². The first-order valence-corrected chi connectivity index (χ1v) is 9.15. The summed E-state index contributed by atoms with van der Waals surface area (Å²) in [6.45, 7) is 5.75. The number of ether oxygens (including phenoxy) is 2. The zero-order chi connectivity index (χ0) is 21.3. The van der Waals surface area contributed by atoms with Crippen molar-refractivity contribution in [1.29, 1.82) is 0 Å². The van der Waals surface area contributed by atoms with Crippen LogP contribution in [0.3, 0.4) is 0 Å². The summed E-state index contributed by atoms with van der Waals surface area (Å²) in [5, 5.41) is 8.88. The van der Waals surface area contributed by atoms with Gasteiger partial charge in [-0.15, -0.1) is 0 Å². The van der Waals surface area contributed by atoms with Crippen LogP contribution >= 0.6 is 0 Å². The molecule has 156 valence electrons. The molecule has 8 nitrogen and oxygen atoms in total. The molecule has 1 aliphatic rings. The molecule has 28 heavy (non-hydrogen) atoms. The molecule has 0 bridgehead atoms. The summed E-state index contributed by atoms with van der Waals surface area (Å²) < 4.78 is 9.65. The Kier molecular flexibility index (Phi) is 8.91. The molecule has 2 rings (SSSR count). The normalized spacial score (nSPS) is 17.2. The molecular formula is C20H30N2O6. The third-order valence-electron chi connectivity index (χ3n) is 3.97. The Morgan fingerprint density at radius 3 is 2.36 bits per heavy atom. The maximum Gasteiger partial charge on any atom is 0.411 e. The lowest BCUT2D eigenvalue weighted by Crippen LogP contribution is -2.43. The molecule has 1 unspecified atom stereocenters. The summed E-state index contributed by atoms with van der Waals surface area (Å²) in [6.07, 6.45) is 1.21. The quantitative estimate of drug-likeness (QED) is 0.751. The molecule has 0 radical (unpaired) electrons. The van der Waals surface area contributed by atoms with Gasteiger partial charge >= 0.3 is 18.0 Å². The SMILES string of the molecule is CC(C)(C)OC(=O)N1CCC[C@@H]1C(=O)O.COC(=O)C(N)Cc1ccccc1. The highest BCUT2D eigenvalue weighted by atomic mass is 16.6. The van der Waals surface area contributed by atoms with Crippen molar-refractivity contribution < 1.29 is 29.0 Å². The number of carboxylic acids is 1. The predicted octanol–water partition coefficient (Wildman–Crippen LogP) is 2.20. The fourth-order valence-corrected chi connectivity index (χ4v) is 2.67. The summed E-state index contributed by atoms with van der Waals surface area (Å²) in [4.78, 5) is 34.7. The van der Waals surface area contributed by atoms with E-state index < -0.39 is 29.7 Å². The van der Waals surface area contributed by atoms with Crippen LogP contribution in [0.2, 0.25) is 0 Å². The largest absolute Gasteiger partial charge is 0.480 e. The van der Waals surface area contributed by atoms with E-state index in [1.165, 1.54) is 12.0 Å². The second kappa shape index (κ2) is 10.7. The van der Waals surface area contributed by atoms with Crippen LogP contribution in [0.4, 0.5) is 4.79 Å². The Morgan fingerprint density at radius 2 is 1.86 bits per heavy atom. The summed E-state index contributed by atoms with van der Waals surface area (Å²) in [5.74, 6) is -1.33. The number of carbonyl (C=O) groups excluding carboxylic acids is 2. The van der Waals surface area contributed by atoms with E-state index in [9.17, 15) is 14.4 Å². The number of esters is 1. The first-order chi connectivity index (χ1) is 13.0. The fourth-order valence-electron chi connectivity index (χ4n) is 2.67. The first-order valence-electron chi connectivity index (χ1n) is 9.15. The van der Waals surface area contributed by atoms with Gasteiger partial charge in [0.25, 0.3) is 0 Å². The van der Waals surface area contributed by atoms with Gasteiger partial charge in [-0.1, -0.05) is 30.3 Å². The Labute approximate surface area is 165 Å². The highest BCUT2D eigenvalue weighted by Crippen LogP contribution is 2.20. The van der Waals surface area contributed by atoms with Crippen molar-refractivity contribution in [2.75, 3.05) is 13.7 Å². The van der Waals surface area contributed by atoms with E-state index in [4.69, 9.17) is 15.6 Å². The van der Waals surface area contributed by atoms with Crippen LogP contribution in [0.1, 0.15) is 39.2 Å². The Morgan fingerprint density at radius 1 is 1.25 bits per heavy atom. The molecule has 2 atom stereocenters. The molecule has 1 saturated heterocycles. The molecule has 0 aliphatic carbocycles. The Balaban J connectivity index is 0.000000283. The van der Waals surface area contributed by atoms with Crippen LogP contribution in [0.25, 0.3) is 0 Å². The molecule has 1 aromatic carbocycles. The number of likely N-dealkylation sites (tertiary alicyclic amines) is 1. The average molecular weight is 394 g/mol. The van der Waals surface area contributed by atoms with Gasteiger partial charge in [-0.05, 0) is 45.6 Å². The summed E-state index contributed by atoms with van der Waals surface area (Å²) in [5.41, 5.74) is 6.05. The monoisotopic (exact) mass is 394 g/mol. The van der Waals surface area contributed by atoms with Crippen molar-refractivity contribution in [2.24, 2.45) is 5.73 Å². The number of methoxy groups -OCH3 is 1.